The second kappa shape index (κ2) is 8.61. The van der Waals surface area contributed by atoms with Gasteiger partial charge in [-0.05, 0) is 31.9 Å². The van der Waals surface area contributed by atoms with E-state index in [0.29, 0.717) is 5.75 Å². The molecule has 0 amide bonds. The number of hydrogen-bond acceptors (Lipinski definition) is 1. The van der Waals surface area contributed by atoms with E-state index in [2.05, 4.69) is 0 Å². The van der Waals surface area contributed by atoms with Crippen LogP contribution in [0.3, 0.4) is 0 Å². The molecule has 0 atom stereocenters. The monoisotopic (exact) mass is 196 g/mol. The highest BCUT2D eigenvalue weighted by molar-refractivity contribution is 5.41. The Bertz CT molecular complexity index is 228. The Morgan fingerprint density at radius 2 is 1.07 bits per heavy atom. The molecule has 0 unspecified atom stereocenters. The third-order valence-electron chi connectivity index (χ3n) is 1.64. The van der Waals surface area contributed by atoms with Crippen molar-refractivity contribution in [1.29, 1.82) is 0 Å². The normalized spacial score (nSPS) is 7.93. The van der Waals surface area contributed by atoms with Crippen LogP contribution in [0.5, 0.6) is 5.75 Å². The molecule has 0 spiro atoms. The minimum atomic E-state index is 0.422. The minimum Gasteiger partial charge on any atom is -0.507 e. The second-order valence-electron chi connectivity index (χ2n) is 2.75. The molecule has 0 bridgehead atoms. The molecule has 0 saturated heterocycles. The predicted molar refractivity (Wildman–Crippen MR) is 65.0 cm³/mol. The Labute approximate surface area is 88.8 Å². The van der Waals surface area contributed by atoms with Gasteiger partial charge in [0.05, 0.1) is 0 Å². The highest BCUT2D eigenvalue weighted by Gasteiger charge is 1.98. The first-order valence-electron chi connectivity index (χ1n) is 5.38. The van der Waals surface area contributed by atoms with Crippen molar-refractivity contribution in [2.45, 2.75) is 48.5 Å². The van der Waals surface area contributed by atoms with Crippen LogP contribution in [0.1, 0.15) is 44.4 Å². The Morgan fingerprint density at radius 1 is 0.786 bits per heavy atom. The quantitative estimate of drug-likeness (QED) is 0.653. The first kappa shape index (κ1) is 15.5. The molecule has 0 saturated carbocycles. The maximum absolute atomic E-state index is 9.33. The topological polar surface area (TPSA) is 20.2 Å². The van der Waals surface area contributed by atoms with Crippen molar-refractivity contribution in [2.24, 2.45) is 0 Å². The van der Waals surface area contributed by atoms with Crippen molar-refractivity contribution in [3.8, 4) is 5.75 Å². The lowest BCUT2D eigenvalue weighted by Gasteiger charge is -2.03. The predicted octanol–water partition coefficient (Wildman–Crippen LogP) is 4.37. The molecule has 0 aliphatic heterocycles. The summed E-state index contributed by atoms with van der Waals surface area (Å²) in [5.41, 5.74) is 3.11. The Kier molecular flexibility index (Phi) is 9.53. The van der Waals surface area contributed by atoms with Gasteiger partial charge in [-0.1, -0.05) is 45.4 Å². The van der Waals surface area contributed by atoms with Crippen molar-refractivity contribution in [3.63, 3.8) is 0 Å². The van der Waals surface area contributed by atoms with Crippen LogP contribution in [0.25, 0.3) is 0 Å². The van der Waals surface area contributed by atoms with E-state index < -0.39 is 0 Å². The van der Waals surface area contributed by atoms with E-state index in [9.17, 15) is 5.11 Å². The molecule has 82 valence electrons. The van der Waals surface area contributed by atoms with E-state index in [1.54, 1.807) is 0 Å². The third-order valence-corrected chi connectivity index (χ3v) is 1.64. The highest BCUT2D eigenvalue weighted by atomic mass is 16.3. The van der Waals surface area contributed by atoms with Gasteiger partial charge in [0.2, 0.25) is 0 Å². The van der Waals surface area contributed by atoms with E-state index in [1.165, 1.54) is 5.56 Å². The van der Waals surface area contributed by atoms with Crippen LogP contribution in [-0.4, -0.2) is 5.11 Å². The zero-order valence-electron chi connectivity index (χ0n) is 10.6. The van der Waals surface area contributed by atoms with Crippen LogP contribution in [0.15, 0.2) is 12.1 Å². The summed E-state index contributed by atoms with van der Waals surface area (Å²) in [5.74, 6) is 0.422. The molecule has 0 aliphatic carbocycles. The van der Waals surface area contributed by atoms with Crippen LogP contribution in [-0.2, 0) is 0 Å². The zero-order valence-corrected chi connectivity index (χ0v) is 10.6. The zero-order chi connectivity index (χ0) is 11.7. The van der Waals surface area contributed by atoms with E-state index in [0.717, 1.165) is 11.1 Å². The SMILES string of the molecule is CC.CC.Cc1cc(C)c(O)c(C)c1. The number of rotatable bonds is 0. The summed E-state index contributed by atoms with van der Waals surface area (Å²) in [7, 11) is 0. The molecule has 0 aromatic heterocycles. The first-order chi connectivity index (χ1) is 6.61. The molecule has 1 rings (SSSR count). The molecule has 0 fully saturated rings. The maximum atomic E-state index is 9.33. The van der Waals surface area contributed by atoms with Crippen LogP contribution < -0.4 is 0 Å². The summed E-state index contributed by atoms with van der Waals surface area (Å²) >= 11 is 0. The van der Waals surface area contributed by atoms with E-state index >= 15 is 0 Å². The number of aryl methyl sites for hydroxylation is 3. The van der Waals surface area contributed by atoms with Crippen molar-refractivity contribution < 1.29 is 5.11 Å². The van der Waals surface area contributed by atoms with Crippen LogP contribution in [0, 0.1) is 20.8 Å². The van der Waals surface area contributed by atoms with Crippen LogP contribution in [0.4, 0.5) is 0 Å². The number of phenolic OH excluding ortho intramolecular Hbond substituents is 1. The van der Waals surface area contributed by atoms with Gasteiger partial charge >= 0.3 is 0 Å². The summed E-state index contributed by atoms with van der Waals surface area (Å²) in [6.07, 6.45) is 0. The van der Waals surface area contributed by atoms with Gasteiger partial charge in [-0.25, -0.2) is 0 Å². The molecular formula is C13H24O. The fourth-order valence-corrected chi connectivity index (χ4v) is 1.17. The van der Waals surface area contributed by atoms with Gasteiger partial charge in [-0.15, -0.1) is 0 Å². The first-order valence-corrected chi connectivity index (χ1v) is 5.38. The van der Waals surface area contributed by atoms with Gasteiger partial charge in [-0.3, -0.25) is 0 Å². The smallest absolute Gasteiger partial charge is 0.121 e. The molecule has 0 aliphatic rings. The number of phenols is 1. The minimum absolute atomic E-state index is 0.422. The molecule has 1 N–H and O–H groups in total. The van der Waals surface area contributed by atoms with E-state index in [-0.39, 0.29) is 0 Å². The highest BCUT2D eigenvalue weighted by Crippen LogP contribution is 2.21. The van der Waals surface area contributed by atoms with Gasteiger partial charge in [-0.2, -0.15) is 0 Å². The average molecular weight is 196 g/mol. The lowest BCUT2D eigenvalue weighted by atomic mass is 10.1. The largest absolute Gasteiger partial charge is 0.507 e. The molecule has 1 aromatic carbocycles. The maximum Gasteiger partial charge on any atom is 0.121 e. The Balaban J connectivity index is 0. The lowest BCUT2D eigenvalue weighted by molar-refractivity contribution is 0.466. The fraction of sp³-hybridized carbons (Fsp3) is 0.538. The van der Waals surface area contributed by atoms with Crippen molar-refractivity contribution >= 4 is 0 Å². The standard InChI is InChI=1S/C9H12O.2C2H6/c1-6-4-7(2)9(10)8(3)5-6;2*1-2/h4-5,10H,1-3H3;2*1-2H3. The summed E-state index contributed by atoms with van der Waals surface area (Å²) < 4.78 is 0. The number of benzene rings is 1. The van der Waals surface area contributed by atoms with Crippen molar-refractivity contribution in [3.05, 3.63) is 28.8 Å². The summed E-state index contributed by atoms with van der Waals surface area (Å²) in [4.78, 5) is 0. The van der Waals surface area contributed by atoms with Crippen LogP contribution in [0.2, 0.25) is 0 Å². The molecule has 0 radical (unpaired) electrons. The van der Waals surface area contributed by atoms with E-state index in [4.69, 9.17) is 0 Å². The molecular weight excluding hydrogens is 172 g/mol. The molecule has 1 heteroatoms. The Morgan fingerprint density at radius 3 is 1.36 bits per heavy atom. The van der Waals surface area contributed by atoms with Crippen molar-refractivity contribution in [1.82, 2.24) is 0 Å². The summed E-state index contributed by atoms with van der Waals surface area (Å²) in [5, 5.41) is 9.33. The van der Waals surface area contributed by atoms with Gasteiger partial charge in [0, 0.05) is 0 Å². The number of aromatic hydroxyl groups is 1. The van der Waals surface area contributed by atoms with Crippen molar-refractivity contribution in [2.75, 3.05) is 0 Å². The molecule has 1 nitrogen and oxygen atoms in total. The van der Waals surface area contributed by atoms with Gasteiger partial charge in [0.15, 0.2) is 0 Å². The van der Waals surface area contributed by atoms with Crippen LogP contribution >= 0.6 is 0 Å². The number of hydrogen-bond donors (Lipinski definition) is 1. The van der Waals surface area contributed by atoms with Gasteiger partial charge in [0.25, 0.3) is 0 Å². The molecule has 0 heterocycles. The Hall–Kier alpha value is -0.980. The molecule has 1 aromatic rings. The third kappa shape index (κ3) is 4.90. The van der Waals surface area contributed by atoms with E-state index in [1.807, 2.05) is 60.6 Å². The fourth-order valence-electron chi connectivity index (χ4n) is 1.17. The molecule has 14 heavy (non-hydrogen) atoms. The second-order valence-corrected chi connectivity index (χ2v) is 2.75. The van der Waals surface area contributed by atoms with Gasteiger partial charge in [0.1, 0.15) is 5.75 Å². The van der Waals surface area contributed by atoms with Gasteiger partial charge < -0.3 is 5.11 Å². The summed E-state index contributed by atoms with van der Waals surface area (Å²) in [6.45, 7) is 13.9. The average Bonchev–Trinajstić information content (AvgIpc) is 2.20. The summed E-state index contributed by atoms with van der Waals surface area (Å²) in [6, 6.07) is 3.95. The lowest BCUT2D eigenvalue weighted by Crippen LogP contribution is -1.81.